The molecule has 1 unspecified atom stereocenters. The van der Waals surface area contributed by atoms with Gasteiger partial charge < -0.3 is 16.4 Å². The monoisotopic (exact) mass is 327 g/mol. The summed E-state index contributed by atoms with van der Waals surface area (Å²) in [6.07, 6.45) is 8.10. The molecule has 130 valence electrons. The van der Waals surface area contributed by atoms with Gasteiger partial charge in [-0.25, -0.2) is 4.99 Å². The van der Waals surface area contributed by atoms with Crippen molar-refractivity contribution < 1.29 is 0 Å². The minimum absolute atomic E-state index is 0.464. The van der Waals surface area contributed by atoms with Gasteiger partial charge in [0.1, 0.15) is 5.66 Å². The van der Waals surface area contributed by atoms with Gasteiger partial charge in [0.05, 0.1) is 12.2 Å². The number of hydrogen-bond donors (Lipinski definition) is 3. The van der Waals surface area contributed by atoms with Crippen LogP contribution in [0.3, 0.4) is 0 Å². The summed E-state index contributed by atoms with van der Waals surface area (Å²) in [5, 5.41) is 6.85. The highest BCUT2D eigenvalue weighted by molar-refractivity contribution is 5.84. The minimum atomic E-state index is -0.491. The predicted octanol–water partition coefficient (Wildman–Crippen LogP) is 2.97. The van der Waals surface area contributed by atoms with E-state index in [9.17, 15) is 0 Å². The number of pyridine rings is 1. The first-order valence-electron chi connectivity index (χ1n) is 8.97. The van der Waals surface area contributed by atoms with Crippen molar-refractivity contribution in [2.45, 2.75) is 65.1 Å². The largest absolute Gasteiger partial charge is 0.334 e. The first-order valence-corrected chi connectivity index (χ1v) is 8.97. The molecule has 5 nitrogen and oxygen atoms in total. The number of aliphatic imine (C=N–C) groups is 1. The first kappa shape index (κ1) is 17.0. The average Bonchev–Trinajstić information content (AvgIpc) is 2.60. The second-order valence-corrected chi connectivity index (χ2v) is 7.20. The van der Waals surface area contributed by atoms with Crippen molar-refractivity contribution in [1.82, 2.24) is 15.6 Å². The van der Waals surface area contributed by atoms with E-state index >= 15 is 0 Å². The topological polar surface area (TPSA) is 75.3 Å². The molecule has 4 N–H and O–H groups in total. The fourth-order valence-electron chi connectivity index (χ4n) is 3.70. The fraction of sp³-hybridized carbons (Fsp3) is 0.579. The lowest BCUT2D eigenvalue weighted by Crippen LogP contribution is -2.67. The van der Waals surface area contributed by atoms with E-state index in [1.54, 1.807) is 0 Å². The first-order chi connectivity index (χ1) is 11.5. The van der Waals surface area contributed by atoms with Crippen LogP contribution in [-0.2, 0) is 6.54 Å². The van der Waals surface area contributed by atoms with Gasteiger partial charge >= 0.3 is 0 Å². The van der Waals surface area contributed by atoms with Gasteiger partial charge in [-0.2, -0.15) is 0 Å². The third-order valence-corrected chi connectivity index (χ3v) is 5.44. The summed E-state index contributed by atoms with van der Waals surface area (Å²) < 4.78 is 0. The van der Waals surface area contributed by atoms with Gasteiger partial charge in [0, 0.05) is 11.9 Å². The zero-order valence-electron chi connectivity index (χ0n) is 15.0. The fourth-order valence-corrected chi connectivity index (χ4v) is 3.70. The SMILES string of the molecule is CC1=C(C)C(N)(C2CCCCC2)NC(=NCc2ccc(C)cn2)N1. The maximum Gasteiger partial charge on any atom is 0.197 e. The van der Waals surface area contributed by atoms with Crippen LogP contribution in [-0.4, -0.2) is 16.6 Å². The van der Waals surface area contributed by atoms with Crippen molar-refractivity contribution in [3.63, 3.8) is 0 Å². The summed E-state index contributed by atoms with van der Waals surface area (Å²) in [6, 6.07) is 4.09. The van der Waals surface area contributed by atoms with Crippen LogP contribution < -0.4 is 16.4 Å². The summed E-state index contributed by atoms with van der Waals surface area (Å²) in [7, 11) is 0. The molecular formula is C19H29N5. The van der Waals surface area contributed by atoms with Crippen molar-refractivity contribution >= 4 is 5.96 Å². The molecule has 0 aromatic carbocycles. The van der Waals surface area contributed by atoms with E-state index in [0.717, 1.165) is 22.9 Å². The van der Waals surface area contributed by atoms with E-state index in [0.29, 0.717) is 12.5 Å². The van der Waals surface area contributed by atoms with Crippen molar-refractivity contribution in [2.75, 3.05) is 0 Å². The van der Waals surface area contributed by atoms with Crippen LogP contribution in [0.4, 0.5) is 0 Å². The second-order valence-electron chi connectivity index (χ2n) is 7.20. The maximum atomic E-state index is 6.84. The molecule has 2 heterocycles. The summed E-state index contributed by atoms with van der Waals surface area (Å²) in [6.45, 7) is 6.79. The number of hydrogen-bond acceptors (Lipinski definition) is 3. The van der Waals surface area contributed by atoms with E-state index in [1.807, 2.05) is 19.2 Å². The van der Waals surface area contributed by atoms with E-state index < -0.39 is 5.66 Å². The molecule has 1 aromatic rings. The van der Waals surface area contributed by atoms with Gasteiger partial charge in [-0.15, -0.1) is 0 Å². The smallest absolute Gasteiger partial charge is 0.197 e. The molecule has 1 aliphatic heterocycles. The molecule has 0 radical (unpaired) electrons. The number of nitrogens with zero attached hydrogens (tertiary/aromatic N) is 2. The summed E-state index contributed by atoms with van der Waals surface area (Å²) in [4.78, 5) is 9.09. The van der Waals surface area contributed by atoms with E-state index in [-0.39, 0.29) is 0 Å². The third kappa shape index (κ3) is 3.46. The molecule has 1 saturated carbocycles. The zero-order chi connectivity index (χ0) is 17.2. The Kier molecular flexibility index (Phi) is 4.90. The number of nitrogens with two attached hydrogens (primary N) is 1. The Hall–Kier alpha value is -1.88. The van der Waals surface area contributed by atoms with Crippen molar-refractivity contribution in [2.24, 2.45) is 16.6 Å². The Morgan fingerprint density at radius 3 is 2.62 bits per heavy atom. The maximum absolute atomic E-state index is 6.84. The van der Waals surface area contributed by atoms with Crippen LogP contribution in [0.25, 0.3) is 0 Å². The van der Waals surface area contributed by atoms with Gasteiger partial charge in [-0.3, -0.25) is 4.98 Å². The quantitative estimate of drug-likeness (QED) is 0.798. The molecule has 0 amide bonds. The molecule has 1 aromatic heterocycles. The molecule has 2 aliphatic rings. The van der Waals surface area contributed by atoms with Crippen molar-refractivity contribution in [3.8, 4) is 0 Å². The molecule has 1 aliphatic carbocycles. The minimum Gasteiger partial charge on any atom is -0.334 e. The average molecular weight is 327 g/mol. The molecule has 24 heavy (non-hydrogen) atoms. The standard InChI is InChI=1S/C19H29N5/c1-13-9-10-17(21-11-13)12-22-18-23-15(3)14(2)19(20,24-18)16-7-5-4-6-8-16/h9-11,16H,4-8,12,20H2,1-3H3,(H2,22,23,24). The molecule has 5 heteroatoms. The lowest BCUT2D eigenvalue weighted by Gasteiger charge is -2.45. The van der Waals surface area contributed by atoms with E-state index in [4.69, 9.17) is 5.73 Å². The number of nitrogens with one attached hydrogen (secondary N) is 2. The normalized spacial score (nSPS) is 27.1. The second kappa shape index (κ2) is 6.93. The molecule has 3 rings (SSSR count). The Bertz CT molecular complexity index is 640. The van der Waals surface area contributed by atoms with Gasteiger partial charge in [-0.05, 0) is 56.7 Å². The van der Waals surface area contributed by atoms with Crippen molar-refractivity contribution in [3.05, 3.63) is 40.9 Å². The molecule has 0 saturated heterocycles. The molecule has 1 fully saturated rings. The Labute approximate surface area is 144 Å². The lowest BCUT2D eigenvalue weighted by atomic mass is 9.76. The van der Waals surface area contributed by atoms with Gasteiger partial charge in [0.15, 0.2) is 5.96 Å². The molecular weight excluding hydrogens is 298 g/mol. The van der Waals surface area contributed by atoms with Gasteiger partial charge in [-0.1, -0.05) is 25.3 Å². The predicted molar refractivity (Wildman–Crippen MR) is 98.3 cm³/mol. The highest BCUT2D eigenvalue weighted by atomic mass is 15.3. The molecule has 1 atom stereocenters. The van der Waals surface area contributed by atoms with Crippen LogP contribution in [0.5, 0.6) is 0 Å². The van der Waals surface area contributed by atoms with Gasteiger partial charge in [0.25, 0.3) is 0 Å². The summed E-state index contributed by atoms with van der Waals surface area (Å²) in [5.41, 5.74) is 10.8. The summed E-state index contributed by atoms with van der Waals surface area (Å²) >= 11 is 0. The summed E-state index contributed by atoms with van der Waals surface area (Å²) in [5.74, 6) is 1.22. The van der Waals surface area contributed by atoms with Crippen LogP contribution in [0.2, 0.25) is 0 Å². The third-order valence-electron chi connectivity index (χ3n) is 5.44. The number of rotatable bonds is 3. The van der Waals surface area contributed by atoms with E-state index in [2.05, 4.69) is 40.5 Å². The van der Waals surface area contributed by atoms with Crippen LogP contribution in [0, 0.1) is 12.8 Å². The molecule has 0 bridgehead atoms. The van der Waals surface area contributed by atoms with Crippen LogP contribution >= 0.6 is 0 Å². The highest BCUT2D eigenvalue weighted by Gasteiger charge is 2.41. The number of allylic oxidation sites excluding steroid dienone is 1. The highest BCUT2D eigenvalue weighted by Crippen LogP contribution is 2.35. The molecule has 0 spiro atoms. The Morgan fingerprint density at radius 1 is 1.21 bits per heavy atom. The Balaban J connectivity index is 1.78. The number of aromatic nitrogens is 1. The Morgan fingerprint density at radius 2 is 1.96 bits per heavy atom. The van der Waals surface area contributed by atoms with Crippen LogP contribution in [0.1, 0.15) is 57.2 Å². The number of aryl methyl sites for hydroxylation is 1. The number of guanidine groups is 1. The van der Waals surface area contributed by atoms with Crippen molar-refractivity contribution in [1.29, 1.82) is 0 Å². The lowest BCUT2D eigenvalue weighted by molar-refractivity contribution is 0.215. The van der Waals surface area contributed by atoms with Gasteiger partial charge in [0.2, 0.25) is 0 Å². The van der Waals surface area contributed by atoms with Crippen LogP contribution in [0.15, 0.2) is 34.6 Å². The zero-order valence-corrected chi connectivity index (χ0v) is 15.0. The van der Waals surface area contributed by atoms with E-state index in [1.165, 1.54) is 37.7 Å².